The van der Waals surface area contributed by atoms with Crippen molar-refractivity contribution in [3.05, 3.63) is 27.8 Å². The Morgan fingerprint density at radius 2 is 2.12 bits per heavy atom. The van der Waals surface area contributed by atoms with E-state index in [9.17, 15) is 0 Å². The highest BCUT2D eigenvalue weighted by atomic mass is 35.5. The van der Waals surface area contributed by atoms with Crippen molar-refractivity contribution in [1.82, 2.24) is 0 Å². The van der Waals surface area contributed by atoms with Crippen molar-refractivity contribution in [1.29, 1.82) is 0 Å². The van der Waals surface area contributed by atoms with Gasteiger partial charge in [-0.25, -0.2) is 0 Å². The molecule has 17 heavy (non-hydrogen) atoms. The summed E-state index contributed by atoms with van der Waals surface area (Å²) in [5, 5.41) is 0.733. The van der Waals surface area contributed by atoms with Crippen LogP contribution in [0.15, 0.2) is 6.07 Å². The number of benzene rings is 1. The van der Waals surface area contributed by atoms with E-state index in [4.69, 9.17) is 22.1 Å². The molecule has 1 aliphatic heterocycles. The summed E-state index contributed by atoms with van der Waals surface area (Å²) in [7, 11) is 0. The minimum Gasteiger partial charge on any atom is -0.492 e. The van der Waals surface area contributed by atoms with E-state index in [2.05, 4.69) is 6.92 Å². The minimum atomic E-state index is -0.139. The van der Waals surface area contributed by atoms with E-state index in [0.717, 1.165) is 43.1 Å². The largest absolute Gasteiger partial charge is 0.492 e. The maximum Gasteiger partial charge on any atom is 0.141 e. The van der Waals surface area contributed by atoms with Crippen molar-refractivity contribution in [3.8, 4) is 5.75 Å². The average molecular weight is 252 g/mol. The molecule has 0 bridgehead atoms. The zero-order valence-corrected chi connectivity index (χ0v) is 10.9. The molecule has 2 nitrogen and oxygen atoms in total. The number of hydrogen-bond acceptors (Lipinski definition) is 2. The monoisotopic (exact) mass is 251 g/mol. The Balaban J connectivity index is 2.14. The summed E-state index contributed by atoms with van der Waals surface area (Å²) in [4.78, 5) is 0. The molecule has 1 saturated carbocycles. The Labute approximate surface area is 107 Å². The molecule has 0 saturated heterocycles. The van der Waals surface area contributed by atoms with E-state index >= 15 is 0 Å². The van der Waals surface area contributed by atoms with Crippen LogP contribution in [0.25, 0.3) is 0 Å². The summed E-state index contributed by atoms with van der Waals surface area (Å²) in [5.74, 6) is 0.891. The number of rotatable bonds is 1. The number of nitrogens with two attached hydrogens (primary N) is 1. The summed E-state index contributed by atoms with van der Waals surface area (Å²) in [5.41, 5.74) is 10.1. The van der Waals surface area contributed by atoms with Gasteiger partial charge >= 0.3 is 0 Å². The van der Waals surface area contributed by atoms with Crippen LogP contribution >= 0.6 is 11.6 Å². The molecule has 0 atom stereocenters. The third kappa shape index (κ3) is 1.66. The van der Waals surface area contributed by atoms with Crippen molar-refractivity contribution < 1.29 is 4.74 Å². The molecule has 1 aliphatic carbocycles. The maximum absolute atomic E-state index is 6.43. The average Bonchev–Trinajstić information content (AvgIpc) is 2.31. The Hall–Kier alpha value is -0.730. The van der Waals surface area contributed by atoms with Crippen molar-refractivity contribution >= 4 is 11.6 Å². The van der Waals surface area contributed by atoms with Crippen LogP contribution in [0.5, 0.6) is 5.75 Å². The van der Waals surface area contributed by atoms with Gasteiger partial charge in [0.2, 0.25) is 0 Å². The van der Waals surface area contributed by atoms with Crippen molar-refractivity contribution in [2.24, 2.45) is 5.73 Å². The maximum atomic E-state index is 6.43. The van der Waals surface area contributed by atoms with Crippen molar-refractivity contribution in [3.63, 3.8) is 0 Å². The number of fused-ring (bicyclic) bond motifs is 1. The summed E-state index contributed by atoms with van der Waals surface area (Å²) in [6.07, 6.45) is 5.50. The smallest absolute Gasteiger partial charge is 0.141 e. The molecule has 1 heterocycles. The van der Waals surface area contributed by atoms with Gasteiger partial charge in [0.1, 0.15) is 5.75 Å². The first kappa shape index (κ1) is 11.4. The number of halogens is 1. The molecule has 1 aromatic rings. The minimum absolute atomic E-state index is 0.139. The lowest BCUT2D eigenvalue weighted by molar-refractivity contribution is 0.250. The van der Waals surface area contributed by atoms with Crippen LogP contribution < -0.4 is 10.5 Å². The predicted molar refractivity (Wildman–Crippen MR) is 69.7 cm³/mol. The zero-order chi connectivity index (χ0) is 12.0. The van der Waals surface area contributed by atoms with Gasteiger partial charge in [-0.1, -0.05) is 11.6 Å². The van der Waals surface area contributed by atoms with Gasteiger partial charge in [-0.2, -0.15) is 0 Å². The Kier molecular flexibility index (Phi) is 2.60. The Morgan fingerprint density at radius 1 is 1.35 bits per heavy atom. The topological polar surface area (TPSA) is 35.2 Å². The summed E-state index contributed by atoms with van der Waals surface area (Å²) in [6.45, 7) is 2.94. The first-order valence-corrected chi connectivity index (χ1v) is 6.74. The molecule has 2 aliphatic rings. The lowest BCUT2D eigenvalue weighted by Crippen LogP contribution is -2.44. The fourth-order valence-electron chi connectivity index (χ4n) is 3.00. The van der Waals surface area contributed by atoms with Gasteiger partial charge in [-0.05, 0) is 61.8 Å². The van der Waals surface area contributed by atoms with E-state index in [1.165, 1.54) is 23.1 Å². The summed E-state index contributed by atoms with van der Waals surface area (Å²) >= 11 is 6.33. The number of hydrogen-bond donors (Lipinski definition) is 1. The molecule has 0 amide bonds. The molecular weight excluding hydrogens is 234 g/mol. The quantitative estimate of drug-likeness (QED) is 0.831. The third-order valence-electron chi connectivity index (χ3n) is 4.22. The first-order chi connectivity index (χ1) is 8.12. The molecule has 1 fully saturated rings. The van der Waals surface area contributed by atoms with Crippen LogP contribution in [-0.4, -0.2) is 6.61 Å². The second-order valence-corrected chi connectivity index (χ2v) is 5.71. The van der Waals surface area contributed by atoms with Gasteiger partial charge in [0.05, 0.1) is 11.6 Å². The van der Waals surface area contributed by atoms with E-state index in [-0.39, 0.29) is 5.54 Å². The van der Waals surface area contributed by atoms with Crippen LogP contribution in [0.2, 0.25) is 5.02 Å². The van der Waals surface area contributed by atoms with Gasteiger partial charge in [0.15, 0.2) is 0 Å². The molecular formula is C14H18ClNO. The SMILES string of the molecule is Cc1c(C2(N)CCC2)cc(Cl)c2c1CCCO2. The molecule has 0 radical (unpaired) electrons. The third-order valence-corrected chi connectivity index (χ3v) is 4.50. The molecule has 0 aromatic heterocycles. The molecule has 3 heteroatoms. The molecule has 0 spiro atoms. The fourth-order valence-corrected chi connectivity index (χ4v) is 3.28. The standard InChI is InChI=1S/C14H18ClNO/c1-9-10-4-2-7-17-13(10)12(15)8-11(9)14(16)5-3-6-14/h8H,2-7,16H2,1H3. The van der Waals surface area contributed by atoms with E-state index in [1.54, 1.807) is 0 Å². The van der Waals surface area contributed by atoms with Crippen molar-refractivity contribution in [2.75, 3.05) is 6.61 Å². The molecule has 0 unspecified atom stereocenters. The van der Waals surface area contributed by atoms with Crippen molar-refractivity contribution in [2.45, 2.75) is 44.6 Å². The lowest BCUT2D eigenvalue weighted by Gasteiger charge is -2.40. The van der Waals surface area contributed by atoms with Crippen LogP contribution in [-0.2, 0) is 12.0 Å². The molecule has 1 aromatic carbocycles. The van der Waals surface area contributed by atoms with Gasteiger partial charge in [0.25, 0.3) is 0 Å². The highest BCUT2D eigenvalue weighted by molar-refractivity contribution is 6.32. The molecule has 2 N–H and O–H groups in total. The van der Waals surface area contributed by atoms with E-state index in [0.29, 0.717) is 0 Å². The second-order valence-electron chi connectivity index (χ2n) is 5.30. The second kappa shape index (κ2) is 3.89. The Bertz CT molecular complexity index is 466. The highest BCUT2D eigenvalue weighted by Crippen LogP contribution is 2.45. The van der Waals surface area contributed by atoms with Crippen LogP contribution in [0.4, 0.5) is 0 Å². The fraction of sp³-hybridized carbons (Fsp3) is 0.571. The van der Waals surface area contributed by atoms with Crippen LogP contribution in [0, 0.1) is 6.92 Å². The summed E-state index contributed by atoms with van der Waals surface area (Å²) < 4.78 is 5.68. The van der Waals surface area contributed by atoms with Gasteiger partial charge in [0, 0.05) is 5.54 Å². The lowest BCUT2D eigenvalue weighted by atomic mass is 9.70. The van der Waals surface area contributed by atoms with E-state index in [1.807, 2.05) is 6.07 Å². The predicted octanol–water partition coefficient (Wildman–Crippen LogP) is 3.31. The first-order valence-electron chi connectivity index (χ1n) is 6.36. The van der Waals surface area contributed by atoms with Gasteiger partial charge in [-0.3, -0.25) is 0 Å². The van der Waals surface area contributed by atoms with E-state index < -0.39 is 0 Å². The van der Waals surface area contributed by atoms with Gasteiger partial charge < -0.3 is 10.5 Å². The van der Waals surface area contributed by atoms with Crippen LogP contribution in [0.3, 0.4) is 0 Å². The molecule has 92 valence electrons. The zero-order valence-electron chi connectivity index (χ0n) is 10.2. The number of ether oxygens (including phenoxy) is 1. The molecule has 3 rings (SSSR count). The summed E-state index contributed by atoms with van der Waals surface area (Å²) in [6, 6.07) is 2.03. The normalized spacial score (nSPS) is 21.4. The van der Waals surface area contributed by atoms with Gasteiger partial charge in [-0.15, -0.1) is 0 Å². The highest BCUT2D eigenvalue weighted by Gasteiger charge is 2.37. The Morgan fingerprint density at radius 3 is 2.76 bits per heavy atom. The van der Waals surface area contributed by atoms with Crippen LogP contribution in [0.1, 0.15) is 42.4 Å².